The van der Waals surface area contributed by atoms with Crippen LogP contribution in [0.25, 0.3) is 11.3 Å². The number of benzene rings is 3. The monoisotopic (exact) mass is 417 g/mol. The highest BCUT2D eigenvalue weighted by Gasteiger charge is 2.07. The molecule has 0 spiro atoms. The van der Waals surface area contributed by atoms with Gasteiger partial charge >= 0.3 is 0 Å². The molecule has 0 unspecified atom stereocenters. The number of hydrogen-bond donors (Lipinski definition) is 1. The largest absolute Gasteiger partial charge is 0.489 e. The molecule has 0 aliphatic heterocycles. The molecule has 4 rings (SSSR count). The quantitative estimate of drug-likeness (QED) is 0.280. The van der Waals surface area contributed by atoms with Gasteiger partial charge in [0, 0.05) is 28.8 Å². The Bertz CT molecular complexity index is 1160. The zero-order valence-corrected chi connectivity index (χ0v) is 17.1. The van der Waals surface area contributed by atoms with E-state index in [4.69, 9.17) is 4.74 Å². The van der Waals surface area contributed by atoms with E-state index in [2.05, 4.69) is 29.4 Å². The minimum absolute atomic E-state index is 0.0719. The summed E-state index contributed by atoms with van der Waals surface area (Å²) in [5.41, 5.74) is 5.06. The molecule has 0 radical (unpaired) electrons. The van der Waals surface area contributed by atoms with Crippen molar-refractivity contribution >= 4 is 27.8 Å². The lowest BCUT2D eigenvalue weighted by molar-refractivity contribution is -0.384. The number of nitro benzene ring substituents is 1. The maximum absolute atomic E-state index is 10.7. The number of non-ortho nitro benzene ring substituents is 1. The van der Waals surface area contributed by atoms with E-state index in [0.717, 1.165) is 33.4 Å². The van der Waals surface area contributed by atoms with Crippen LogP contribution in [-0.4, -0.2) is 9.91 Å². The molecule has 6 nitrogen and oxygen atoms in total. The molecule has 0 bridgehead atoms. The van der Waals surface area contributed by atoms with Gasteiger partial charge in [-0.1, -0.05) is 12.1 Å². The van der Waals surface area contributed by atoms with E-state index >= 15 is 0 Å². The van der Waals surface area contributed by atoms with Crippen LogP contribution in [0.2, 0.25) is 0 Å². The van der Waals surface area contributed by atoms with Crippen molar-refractivity contribution in [1.29, 1.82) is 0 Å². The number of nitro groups is 1. The van der Waals surface area contributed by atoms with Crippen LogP contribution in [0, 0.1) is 17.0 Å². The van der Waals surface area contributed by atoms with Crippen molar-refractivity contribution in [3.8, 4) is 17.0 Å². The summed E-state index contributed by atoms with van der Waals surface area (Å²) in [6.07, 6.45) is 0. The standard InChI is InChI=1S/C23H19N3O3S/c1-16-3-2-4-19(13-16)24-23-25-22(15-30-23)18-7-11-21(12-8-18)29-14-17-5-9-20(10-6-17)26(27)28/h2-13,15H,14H2,1H3,(H,24,25). The molecule has 0 amide bonds. The van der Waals surface area contributed by atoms with Crippen LogP contribution in [0.3, 0.4) is 0 Å². The van der Waals surface area contributed by atoms with Gasteiger partial charge in [-0.05, 0) is 66.6 Å². The minimum atomic E-state index is -0.413. The van der Waals surface area contributed by atoms with E-state index < -0.39 is 4.92 Å². The minimum Gasteiger partial charge on any atom is -0.489 e. The predicted octanol–water partition coefficient (Wildman–Crippen LogP) is 6.35. The molecule has 0 saturated carbocycles. The third-order valence-corrected chi connectivity index (χ3v) is 5.23. The van der Waals surface area contributed by atoms with E-state index in [0.29, 0.717) is 6.61 Å². The maximum atomic E-state index is 10.7. The van der Waals surface area contributed by atoms with Crippen LogP contribution in [0.4, 0.5) is 16.5 Å². The summed E-state index contributed by atoms with van der Waals surface area (Å²) in [7, 11) is 0. The number of hydrogen-bond acceptors (Lipinski definition) is 6. The van der Waals surface area contributed by atoms with Crippen molar-refractivity contribution in [2.45, 2.75) is 13.5 Å². The lowest BCUT2D eigenvalue weighted by Crippen LogP contribution is -1.96. The van der Waals surface area contributed by atoms with Crippen molar-refractivity contribution in [3.63, 3.8) is 0 Å². The molecule has 30 heavy (non-hydrogen) atoms. The smallest absolute Gasteiger partial charge is 0.269 e. The predicted molar refractivity (Wildman–Crippen MR) is 119 cm³/mol. The highest BCUT2D eigenvalue weighted by Crippen LogP contribution is 2.28. The first kappa shape index (κ1) is 19.6. The number of anilines is 2. The first-order valence-electron chi connectivity index (χ1n) is 9.32. The van der Waals surface area contributed by atoms with E-state index in [-0.39, 0.29) is 5.69 Å². The molecule has 1 heterocycles. The number of thiazole rings is 1. The molecule has 3 aromatic carbocycles. The summed E-state index contributed by atoms with van der Waals surface area (Å²) in [5.74, 6) is 0.727. The number of nitrogens with one attached hydrogen (secondary N) is 1. The summed E-state index contributed by atoms with van der Waals surface area (Å²) in [5, 5.41) is 16.9. The zero-order chi connectivity index (χ0) is 20.9. The maximum Gasteiger partial charge on any atom is 0.269 e. The molecule has 7 heteroatoms. The Kier molecular flexibility index (Phi) is 5.72. The van der Waals surface area contributed by atoms with Gasteiger partial charge in [0.2, 0.25) is 0 Å². The molecular weight excluding hydrogens is 398 g/mol. The number of ether oxygens (including phenoxy) is 1. The zero-order valence-electron chi connectivity index (χ0n) is 16.2. The Balaban J connectivity index is 1.37. The Hall–Kier alpha value is -3.71. The lowest BCUT2D eigenvalue weighted by Gasteiger charge is -2.07. The second-order valence-corrected chi connectivity index (χ2v) is 7.63. The van der Waals surface area contributed by atoms with Crippen LogP contribution < -0.4 is 10.1 Å². The first-order valence-corrected chi connectivity index (χ1v) is 10.2. The first-order chi connectivity index (χ1) is 14.6. The van der Waals surface area contributed by atoms with E-state index in [1.807, 2.05) is 41.8 Å². The van der Waals surface area contributed by atoms with Gasteiger partial charge in [-0.2, -0.15) is 0 Å². The molecule has 0 aliphatic rings. The summed E-state index contributed by atoms with van der Waals surface area (Å²) >= 11 is 1.56. The van der Waals surface area contributed by atoms with Crippen molar-refractivity contribution in [2.75, 3.05) is 5.32 Å². The SMILES string of the molecule is Cc1cccc(Nc2nc(-c3ccc(OCc4ccc([N+](=O)[O-])cc4)cc3)cs2)c1. The van der Waals surface area contributed by atoms with Gasteiger partial charge < -0.3 is 10.1 Å². The molecule has 1 N–H and O–H groups in total. The Labute approximate surface area is 178 Å². The average molecular weight is 417 g/mol. The number of rotatable bonds is 7. The fourth-order valence-electron chi connectivity index (χ4n) is 2.91. The molecule has 150 valence electrons. The summed E-state index contributed by atoms with van der Waals surface area (Å²) in [6.45, 7) is 2.41. The van der Waals surface area contributed by atoms with Crippen LogP contribution in [-0.2, 0) is 6.61 Å². The average Bonchev–Trinajstić information content (AvgIpc) is 3.21. The number of aryl methyl sites for hydroxylation is 1. The third-order valence-electron chi connectivity index (χ3n) is 4.48. The third kappa shape index (κ3) is 4.82. The summed E-state index contributed by atoms with van der Waals surface area (Å²) < 4.78 is 5.78. The van der Waals surface area contributed by atoms with Crippen molar-refractivity contribution in [2.24, 2.45) is 0 Å². The Morgan fingerprint density at radius 1 is 1.07 bits per heavy atom. The number of aromatic nitrogens is 1. The normalized spacial score (nSPS) is 10.6. The van der Waals surface area contributed by atoms with Crippen molar-refractivity contribution in [3.05, 3.63) is 99.4 Å². The second kappa shape index (κ2) is 8.75. The summed E-state index contributed by atoms with van der Waals surface area (Å²) in [4.78, 5) is 15.0. The van der Waals surface area contributed by atoms with E-state index in [1.165, 1.54) is 17.7 Å². The Morgan fingerprint density at radius 3 is 2.53 bits per heavy atom. The highest BCUT2D eigenvalue weighted by atomic mass is 32.1. The fraction of sp³-hybridized carbons (Fsp3) is 0.0870. The van der Waals surface area contributed by atoms with Crippen molar-refractivity contribution in [1.82, 2.24) is 4.98 Å². The molecular formula is C23H19N3O3S. The van der Waals surface area contributed by atoms with Gasteiger partial charge in [0.25, 0.3) is 5.69 Å². The van der Waals surface area contributed by atoms with Gasteiger partial charge in [-0.3, -0.25) is 10.1 Å². The molecule has 0 atom stereocenters. The Morgan fingerprint density at radius 2 is 1.83 bits per heavy atom. The van der Waals surface area contributed by atoms with Gasteiger partial charge in [0.05, 0.1) is 10.6 Å². The lowest BCUT2D eigenvalue weighted by atomic mass is 10.2. The van der Waals surface area contributed by atoms with Gasteiger partial charge in [-0.15, -0.1) is 11.3 Å². The van der Waals surface area contributed by atoms with Gasteiger partial charge in [0.15, 0.2) is 5.13 Å². The van der Waals surface area contributed by atoms with E-state index in [1.54, 1.807) is 23.5 Å². The van der Waals surface area contributed by atoms with E-state index in [9.17, 15) is 10.1 Å². The number of nitrogens with zero attached hydrogens (tertiary/aromatic N) is 2. The summed E-state index contributed by atoms with van der Waals surface area (Å²) in [6, 6.07) is 22.3. The molecule has 0 aliphatic carbocycles. The van der Waals surface area contributed by atoms with Crippen LogP contribution in [0.15, 0.2) is 78.2 Å². The van der Waals surface area contributed by atoms with Crippen LogP contribution in [0.5, 0.6) is 5.75 Å². The van der Waals surface area contributed by atoms with Crippen LogP contribution in [0.1, 0.15) is 11.1 Å². The topological polar surface area (TPSA) is 77.3 Å². The van der Waals surface area contributed by atoms with Crippen LogP contribution >= 0.6 is 11.3 Å². The molecule has 1 aromatic heterocycles. The molecule has 4 aromatic rings. The van der Waals surface area contributed by atoms with Gasteiger partial charge in [-0.25, -0.2) is 4.98 Å². The van der Waals surface area contributed by atoms with Gasteiger partial charge in [0.1, 0.15) is 12.4 Å². The fourth-order valence-corrected chi connectivity index (χ4v) is 3.65. The van der Waals surface area contributed by atoms with Crippen molar-refractivity contribution < 1.29 is 9.66 Å². The second-order valence-electron chi connectivity index (χ2n) is 6.77. The highest BCUT2D eigenvalue weighted by molar-refractivity contribution is 7.14. The molecule has 0 saturated heterocycles. The molecule has 0 fully saturated rings.